The number of aromatic nitrogens is 3. The average molecular weight is 437 g/mol. The summed E-state index contributed by atoms with van der Waals surface area (Å²) in [5.41, 5.74) is 6.59. The lowest BCUT2D eigenvalue weighted by Gasteiger charge is -2.33. The van der Waals surface area contributed by atoms with Gasteiger partial charge in [0.25, 0.3) is 0 Å². The Labute approximate surface area is 171 Å². The molecule has 0 spiro atoms. The molecule has 0 radical (unpaired) electrons. The highest BCUT2D eigenvalue weighted by Crippen LogP contribution is 2.44. The summed E-state index contributed by atoms with van der Waals surface area (Å²) in [6.45, 7) is 1.73. The molecule has 1 aromatic carbocycles. The quantitative estimate of drug-likeness (QED) is 0.678. The molecule has 2 N–H and O–H groups in total. The normalized spacial score (nSPS) is 21.5. The predicted molar refractivity (Wildman–Crippen MR) is 110 cm³/mol. The molecule has 0 bridgehead atoms. The zero-order valence-electron chi connectivity index (χ0n) is 15.1. The Morgan fingerprint density at radius 2 is 1.86 bits per heavy atom. The lowest BCUT2D eigenvalue weighted by molar-refractivity contribution is 0.482. The number of guanidine groups is 1. The van der Waals surface area contributed by atoms with E-state index in [1.165, 1.54) is 23.2 Å². The van der Waals surface area contributed by atoms with Crippen molar-refractivity contribution in [3.8, 4) is 16.1 Å². The predicted octanol–water partition coefficient (Wildman–Crippen LogP) is 2.45. The summed E-state index contributed by atoms with van der Waals surface area (Å²) < 4.78 is 25.9. The summed E-state index contributed by atoms with van der Waals surface area (Å²) in [4.78, 5) is 7.53. The third kappa shape index (κ3) is 3.17. The minimum Gasteiger partial charge on any atom is -0.369 e. The van der Waals surface area contributed by atoms with Crippen LogP contribution in [0.2, 0.25) is 5.02 Å². The van der Waals surface area contributed by atoms with Gasteiger partial charge in [0.1, 0.15) is 5.54 Å². The Balaban J connectivity index is 1.71. The van der Waals surface area contributed by atoms with E-state index in [0.29, 0.717) is 9.90 Å². The molecule has 11 heteroatoms. The molecule has 0 saturated heterocycles. The largest absolute Gasteiger partial charge is 0.369 e. The SMILES string of the molecule is CN1C(N)=NC(C)(c2sc(-c3ccc(-n4nccn4)cc3)cc2Cl)CS1(=O)=O. The van der Waals surface area contributed by atoms with Crippen LogP contribution in [0.4, 0.5) is 0 Å². The van der Waals surface area contributed by atoms with E-state index in [0.717, 1.165) is 20.4 Å². The molecule has 1 unspecified atom stereocenters. The van der Waals surface area contributed by atoms with E-state index in [2.05, 4.69) is 15.2 Å². The van der Waals surface area contributed by atoms with E-state index in [1.54, 1.807) is 19.3 Å². The molecular weight excluding hydrogens is 420 g/mol. The third-order valence-electron chi connectivity index (χ3n) is 4.54. The minimum atomic E-state index is -3.56. The number of nitrogens with zero attached hydrogens (tertiary/aromatic N) is 5. The van der Waals surface area contributed by atoms with E-state index in [4.69, 9.17) is 17.3 Å². The maximum atomic E-state index is 12.4. The highest BCUT2D eigenvalue weighted by molar-refractivity contribution is 7.89. The lowest BCUT2D eigenvalue weighted by atomic mass is 10.0. The molecule has 1 aliphatic rings. The fraction of sp³-hybridized carbons (Fsp3) is 0.235. The van der Waals surface area contributed by atoms with E-state index < -0.39 is 15.6 Å². The Morgan fingerprint density at radius 3 is 2.46 bits per heavy atom. The Bertz CT molecular complexity index is 1150. The highest BCUT2D eigenvalue weighted by atomic mass is 35.5. The maximum Gasteiger partial charge on any atom is 0.239 e. The number of aliphatic imine (C=N–C) groups is 1. The molecule has 28 heavy (non-hydrogen) atoms. The van der Waals surface area contributed by atoms with Crippen LogP contribution in [0.25, 0.3) is 16.1 Å². The van der Waals surface area contributed by atoms with Crippen molar-refractivity contribution in [2.45, 2.75) is 12.5 Å². The fourth-order valence-corrected chi connectivity index (χ4v) is 6.22. The van der Waals surface area contributed by atoms with E-state index in [-0.39, 0.29) is 11.7 Å². The van der Waals surface area contributed by atoms with Crippen molar-refractivity contribution in [2.75, 3.05) is 12.8 Å². The molecule has 0 fully saturated rings. The summed E-state index contributed by atoms with van der Waals surface area (Å²) in [6, 6.07) is 9.51. The van der Waals surface area contributed by atoms with Crippen LogP contribution < -0.4 is 5.73 Å². The van der Waals surface area contributed by atoms with Gasteiger partial charge in [-0.1, -0.05) is 23.7 Å². The molecule has 1 aliphatic heterocycles. The van der Waals surface area contributed by atoms with Crippen LogP contribution in [0.15, 0.2) is 47.7 Å². The summed E-state index contributed by atoms with van der Waals surface area (Å²) in [7, 11) is -2.17. The fourth-order valence-electron chi connectivity index (χ4n) is 3.05. The molecule has 146 valence electrons. The summed E-state index contributed by atoms with van der Waals surface area (Å²) in [5.74, 6) is -0.239. The minimum absolute atomic E-state index is 0.0455. The topological polar surface area (TPSA) is 106 Å². The second kappa shape index (κ2) is 6.57. The van der Waals surface area contributed by atoms with Crippen LogP contribution >= 0.6 is 22.9 Å². The van der Waals surface area contributed by atoms with Gasteiger partial charge in [-0.2, -0.15) is 15.0 Å². The summed E-state index contributed by atoms with van der Waals surface area (Å²) >= 11 is 7.89. The molecule has 3 heterocycles. The molecule has 0 saturated carbocycles. The van der Waals surface area contributed by atoms with Gasteiger partial charge in [-0.05, 0) is 30.7 Å². The van der Waals surface area contributed by atoms with Gasteiger partial charge in [-0.3, -0.25) is 0 Å². The first kappa shape index (κ1) is 18.9. The van der Waals surface area contributed by atoms with Crippen LogP contribution in [-0.2, 0) is 15.6 Å². The first-order chi connectivity index (χ1) is 13.2. The smallest absolute Gasteiger partial charge is 0.239 e. The van der Waals surface area contributed by atoms with Gasteiger partial charge < -0.3 is 5.73 Å². The second-order valence-electron chi connectivity index (χ2n) is 6.62. The monoisotopic (exact) mass is 436 g/mol. The number of sulfonamides is 1. The van der Waals surface area contributed by atoms with Crippen LogP contribution in [0.1, 0.15) is 11.8 Å². The Kier molecular flexibility index (Phi) is 4.44. The van der Waals surface area contributed by atoms with Crippen molar-refractivity contribution in [1.29, 1.82) is 0 Å². The van der Waals surface area contributed by atoms with Crippen molar-refractivity contribution >= 4 is 38.9 Å². The van der Waals surface area contributed by atoms with Gasteiger partial charge in [0.2, 0.25) is 16.0 Å². The molecule has 0 amide bonds. The van der Waals surface area contributed by atoms with Gasteiger partial charge in [0, 0.05) is 11.9 Å². The van der Waals surface area contributed by atoms with Gasteiger partial charge in [-0.25, -0.2) is 17.7 Å². The van der Waals surface area contributed by atoms with Crippen LogP contribution in [0, 0.1) is 0 Å². The summed E-state index contributed by atoms with van der Waals surface area (Å²) in [6.07, 6.45) is 3.23. The number of hydrogen-bond donors (Lipinski definition) is 1. The lowest BCUT2D eigenvalue weighted by Crippen LogP contribution is -2.50. The van der Waals surface area contributed by atoms with Crippen LogP contribution in [-0.4, -0.2) is 46.5 Å². The molecule has 2 aromatic heterocycles. The van der Waals surface area contributed by atoms with Crippen LogP contribution in [0.5, 0.6) is 0 Å². The van der Waals surface area contributed by atoms with Gasteiger partial charge in [0.15, 0.2) is 0 Å². The van der Waals surface area contributed by atoms with Crippen molar-refractivity contribution < 1.29 is 8.42 Å². The number of rotatable bonds is 3. The van der Waals surface area contributed by atoms with Crippen molar-refractivity contribution in [3.63, 3.8) is 0 Å². The first-order valence-electron chi connectivity index (χ1n) is 8.28. The number of halogens is 1. The average Bonchev–Trinajstić information content (AvgIpc) is 3.29. The van der Waals surface area contributed by atoms with Gasteiger partial charge in [0.05, 0.1) is 33.7 Å². The number of thiophene rings is 1. The number of benzene rings is 1. The molecule has 8 nitrogen and oxygen atoms in total. The molecule has 1 atom stereocenters. The number of hydrogen-bond acceptors (Lipinski definition) is 7. The Hall–Kier alpha value is -2.43. The molecule has 3 aromatic rings. The third-order valence-corrected chi connectivity index (χ3v) is 8.34. The molecule has 0 aliphatic carbocycles. The van der Waals surface area contributed by atoms with E-state index in [9.17, 15) is 8.42 Å². The van der Waals surface area contributed by atoms with Crippen LogP contribution in [0.3, 0.4) is 0 Å². The van der Waals surface area contributed by atoms with Crippen molar-refractivity contribution in [1.82, 2.24) is 19.3 Å². The summed E-state index contributed by atoms with van der Waals surface area (Å²) in [5, 5.41) is 8.68. The zero-order chi connectivity index (χ0) is 20.1. The molecule has 4 rings (SSSR count). The second-order valence-corrected chi connectivity index (χ2v) is 10.1. The van der Waals surface area contributed by atoms with Crippen molar-refractivity contribution in [3.05, 3.63) is 52.6 Å². The highest BCUT2D eigenvalue weighted by Gasteiger charge is 2.42. The standard InChI is InChI=1S/C17H17ClN6O2S2/c1-17(10-28(25,26)23(2)16(19)22-17)15-13(18)9-14(27-15)11-3-5-12(6-4-11)24-20-7-8-21-24/h3-9H,10H2,1-2H3,(H2,19,22). The van der Waals surface area contributed by atoms with E-state index >= 15 is 0 Å². The van der Waals surface area contributed by atoms with Gasteiger partial charge in [-0.15, -0.1) is 11.3 Å². The first-order valence-corrected chi connectivity index (χ1v) is 11.1. The molecular formula is C17H17ClN6O2S2. The van der Waals surface area contributed by atoms with Gasteiger partial charge >= 0.3 is 0 Å². The van der Waals surface area contributed by atoms with Crippen molar-refractivity contribution in [2.24, 2.45) is 10.7 Å². The number of nitrogens with two attached hydrogens (primary N) is 1. The Morgan fingerprint density at radius 1 is 1.21 bits per heavy atom. The maximum absolute atomic E-state index is 12.4. The zero-order valence-corrected chi connectivity index (χ0v) is 17.5. The van der Waals surface area contributed by atoms with E-state index in [1.807, 2.05) is 30.3 Å².